The van der Waals surface area contributed by atoms with Crippen molar-refractivity contribution < 1.29 is 18.3 Å². The lowest BCUT2D eigenvalue weighted by Gasteiger charge is -2.10. The second-order valence-electron chi connectivity index (χ2n) is 3.77. The molecule has 15 heavy (non-hydrogen) atoms. The smallest absolute Gasteiger partial charge is 0.247 e. The number of carbonyl (C=O) groups is 1. The summed E-state index contributed by atoms with van der Waals surface area (Å²) in [7, 11) is -3.42. The summed E-state index contributed by atoms with van der Waals surface area (Å²) in [5.74, 6) is -0.680. The Morgan fingerprint density at radius 1 is 1.47 bits per heavy atom. The van der Waals surface area contributed by atoms with Gasteiger partial charge in [-0.2, -0.15) is 0 Å². The molecular weight excluding hydrogens is 220 g/mol. The Labute approximate surface area is 89.9 Å². The van der Waals surface area contributed by atoms with E-state index in [1.54, 1.807) is 0 Å². The fraction of sp³-hybridized carbons (Fsp3) is 0.875. The molecule has 4 N–H and O–H groups in total. The number of amides is 1. The van der Waals surface area contributed by atoms with Gasteiger partial charge in [-0.25, -0.2) is 13.1 Å². The highest BCUT2D eigenvalue weighted by molar-refractivity contribution is 7.89. The van der Waals surface area contributed by atoms with Gasteiger partial charge in [0.15, 0.2) is 0 Å². The van der Waals surface area contributed by atoms with Crippen molar-refractivity contribution in [3.8, 4) is 0 Å². The Bertz CT molecular complexity index is 300. The van der Waals surface area contributed by atoms with E-state index >= 15 is 0 Å². The quantitative estimate of drug-likeness (QED) is 0.517. The first-order valence-corrected chi connectivity index (χ1v) is 6.34. The van der Waals surface area contributed by atoms with Crippen LogP contribution in [0.25, 0.3) is 0 Å². The second kappa shape index (κ2) is 6.04. The molecule has 0 heterocycles. The molecule has 0 aliphatic heterocycles. The molecule has 0 aliphatic carbocycles. The largest absolute Gasteiger partial charge is 0.382 e. The summed E-state index contributed by atoms with van der Waals surface area (Å²) in [6.45, 7) is 3.46. The molecule has 0 aromatic heterocycles. The van der Waals surface area contributed by atoms with Crippen molar-refractivity contribution in [1.82, 2.24) is 4.72 Å². The third kappa shape index (κ3) is 7.29. The van der Waals surface area contributed by atoms with Crippen LogP contribution in [0.2, 0.25) is 0 Å². The van der Waals surface area contributed by atoms with E-state index in [9.17, 15) is 13.2 Å². The standard InChI is InChI=1S/C8H18N2O4S/c1-6(2)3-4-15(13,14)10-5-7(11)8(9)12/h6-7,10-11H,3-5H2,1-2H3,(H2,9,12). The Kier molecular flexibility index (Phi) is 5.77. The third-order valence-electron chi connectivity index (χ3n) is 1.79. The van der Waals surface area contributed by atoms with Crippen molar-refractivity contribution in [1.29, 1.82) is 0 Å². The predicted molar refractivity (Wildman–Crippen MR) is 56.4 cm³/mol. The molecule has 0 aromatic rings. The number of sulfonamides is 1. The molecule has 0 saturated carbocycles. The lowest BCUT2D eigenvalue weighted by Crippen LogP contribution is -2.40. The molecule has 1 atom stereocenters. The first-order chi connectivity index (χ1) is 6.74. The number of aliphatic hydroxyl groups is 1. The minimum atomic E-state index is -3.42. The van der Waals surface area contributed by atoms with Crippen LogP contribution in [0.5, 0.6) is 0 Å². The second-order valence-corrected chi connectivity index (χ2v) is 5.69. The Morgan fingerprint density at radius 2 is 2.00 bits per heavy atom. The van der Waals surface area contributed by atoms with Crippen molar-refractivity contribution in [2.75, 3.05) is 12.3 Å². The van der Waals surface area contributed by atoms with Gasteiger partial charge in [0.05, 0.1) is 5.75 Å². The van der Waals surface area contributed by atoms with Gasteiger partial charge in [-0.3, -0.25) is 4.79 Å². The number of nitrogens with two attached hydrogens (primary N) is 1. The Balaban J connectivity index is 4.00. The molecular formula is C8H18N2O4S. The Morgan fingerprint density at radius 3 is 2.40 bits per heavy atom. The maximum atomic E-state index is 11.3. The molecule has 6 nitrogen and oxygen atoms in total. The molecule has 0 saturated heterocycles. The van der Waals surface area contributed by atoms with Gasteiger partial charge in [-0.15, -0.1) is 0 Å². The molecule has 0 rings (SSSR count). The number of rotatable bonds is 7. The van der Waals surface area contributed by atoms with Crippen molar-refractivity contribution in [3.05, 3.63) is 0 Å². The summed E-state index contributed by atoms with van der Waals surface area (Å²) in [6.07, 6.45) is -0.944. The zero-order chi connectivity index (χ0) is 12.1. The summed E-state index contributed by atoms with van der Waals surface area (Å²) in [5, 5.41) is 8.97. The van der Waals surface area contributed by atoms with Crippen molar-refractivity contribution in [2.45, 2.75) is 26.4 Å². The van der Waals surface area contributed by atoms with Crippen molar-refractivity contribution >= 4 is 15.9 Å². The van der Waals surface area contributed by atoms with Crippen LogP contribution in [0.15, 0.2) is 0 Å². The molecule has 0 aliphatic rings. The summed E-state index contributed by atoms with van der Waals surface area (Å²) >= 11 is 0. The van der Waals surface area contributed by atoms with Crippen molar-refractivity contribution in [2.24, 2.45) is 11.7 Å². The first-order valence-electron chi connectivity index (χ1n) is 4.69. The van der Waals surface area contributed by atoms with Crippen LogP contribution in [0.1, 0.15) is 20.3 Å². The van der Waals surface area contributed by atoms with Gasteiger partial charge in [-0.05, 0) is 12.3 Å². The highest BCUT2D eigenvalue weighted by Crippen LogP contribution is 2.01. The van der Waals surface area contributed by atoms with E-state index in [2.05, 4.69) is 4.72 Å². The summed E-state index contributed by atoms with van der Waals surface area (Å²) in [4.78, 5) is 10.4. The van der Waals surface area contributed by atoms with Gasteiger partial charge in [0.2, 0.25) is 15.9 Å². The van der Waals surface area contributed by atoms with Crippen LogP contribution in [-0.2, 0) is 14.8 Å². The molecule has 0 spiro atoms. The maximum absolute atomic E-state index is 11.3. The number of hydrogen-bond donors (Lipinski definition) is 3. The van der Waals surface area contributed by atoms with Crippen LogP contribution in [0.3, 0.4) is 0 Å². The highest BCUT2D eigenvalue weighted by Gasteiger charge is 2.16. The summed E-state index contributed by atoms with van der Waals surface area (Å²) in [6, 6.07) is 0. The van der Waals surface area contributed by atoms with Crippen LogP contribution >= 0.6 is 0 Å². The number of carbonyl (C=O) groups excluding carboxylic acids is 1. The van der Waals surface area contributed by atoms with E-state index in [4.69, 9.17) is 10.8 Å². The van der Waals surface area contributed by atoms with E-state index in [0.29, 0.717) is 6.42 Å². The molecule has 90 valence electrons. The van der Waals surface area contributed by atoms with Crippen LogP contribution < -0.4 is 10.5 Å². The average Bonchev–Trinajstić information content (AvgIpc) is 2.11. The van der Waals surface area contributed by atoms with E-state index in [-0.39, 0.29) is 18.2 Å². The average molecular weight is 238 g/mol. The highest BCUT2D eigenvalue weighted by atomic mass is 32.2. The zero-order valence-corrected chi connectivity index (χ0v) is 9.75. The fourth-order valence-corrected chi connectivity index (χ4v) is 2.11. The number of primary amides is 1. The van der Waals surface area contributed by atoms with Gasteiger partial charge in [-0.1, -0.05) is 13.8 Å². The molecule has 7 heteroatoms. The first kappa shape index (κ1) is 14.3. The predicted octanol–water partition coefficient (Wildman–Crippen LogP) is -1.20. The number of nitrogens with one attached hydrogen (secondary N) is 1. The van der Waals surface area contributed by atoms with Crippen molar-refractivity contribution in [3.63, 3.8) is 0 Å². The van der Waals surface area contributed by atoms with Crippen LogP contribution in [-0.4, -0.2) is 37.8 Å². The molecule has 0 bridgehead atoms. The lowest BCUT2D eigenvalue weighted by molar-refractivity contribution is -0.125. The SMILES string of the molecule is CC(C)CCS(=O)(=O)NCC(O)C(N)=O. The molecule has 0 aromatic carbocycles. The van der Waals surface area contributed by atoms with E-state index in [0.717, 1.165) is 0 Å². The fourth-order valence-electron chi connectivity index (χ4n) is 0.770. The molecule has 1 unspecified atom stereocenters. The van der Waals surface area contributed by atoms with E-state index < -0.39 is 22.0 Å². The zero-order valence-electron chi connectivity index (χ0n) is 8.93. The minimum absolute atomic E-state index is 0.0177. The van der Waals surface area contributed by atoms with Gasteiger partial charge in [0, 0.05) is 6.54 Å². The summed E-state index contributed by atoms with van der Waals surface area (Å²) < 4.78 is 24.7. The third-order valence-corrected chi connectivity index (χ3v) is 3.17. The summed E-state index contributed by atoms with van der Waals surface area (Å²) in [5.41, 5.74) is 4.76. The maximum Gasteiger partial charge on any atom is 0.247 e. The van der Waals surface area contributed by atoms with Crippen LogP contribution in [0.4, 0.5) is 0 Å². The van der Waals surface area contributed by atoms with Crippen LogP contribution in [0, 0.1) is 5.92 Å². The normalized spacial score (nSPS) is 14.1. The van der Waals surface area contributed by atoms with E-state index in [1.807, 2.05) is 13.8 Å². The van der Waals surface area contributed by atoms with Gasteiger partial charge >= 0.3 is 0 Å². The van der Waals surface area contributed by atoms with Gasteiger partial charge in [0.25, 0.3) is 0 Å². The monoisotopic (exact) mass is 238 g/mol. The van der Waals surface area contributed by atoms with Gasteiger partial charge < -0.3 is 10.8 Å². The Hall–Kier alpha value is -0.660. The minimum Gasteiger partial charge on any atom is -0.382 e. The molecule has 0 radical (unpaired) electrons. The topological polar surface area (TPSA) is 109 Å². The lowest BCUT2D eigenvalue weighted by atomic mass is 10.2. The number of hydrogen-bond acceptors (Lipinski definition) is 4. The van der Waals surface area contributed by atoms with E-state index in [1.165, 1.54) is 0 Å². The molecule has 0 fully saturated rings. The number of aliphatic hydroxyl groups excluding tert-OH is 1. The van der Waals surface area contributed by atoms with Gasteiger partial charge in [0.1, 0.15) is 6.10 Å². The molecule has 1 amide bonds.